The third-order valence-corrected chi connectivity index (χ3v) is 2.90. The maximum atomic E-state index is 11.5. The van der Waals surface area contributed by atoms with Crippen molar-refractivity contribution in [2.75, 3.05) is 6.61 Å². The van der Waals surface area contributed by atoms with E-state index in [0.717, 1.165) is 5.56 Å². The van der Waals surface area contributed by atoms with Gasteiger partial charge in [0.1, 0.15) is 12.4 Å². The number of oxime groups is 1. The van der Waals surface area contributed by atoms with Gasteiger partial charge in [-0.15, -0.1) is 0 Å². The van der Waals surface area contributed by atoms with Gasteiger partial charge in [-0.2, -0.15) is 0 Å². The van der Waals surface area contributed by atoms with Gasteiger partial charge in [-0.1, -0.05) is 23.4 Å². The second-order valence-electron chi connectivity index (χ2n) is 4.29. The van der Waals surface area contributed by atoms with Crippen LogP contribution in [0.5, 0.6) is 5.75 Å². The molecule has 20 heavy (non-hydrogen) atoms. The minimum atomic E-state index is -0.0480. The van der Waals surface area contributed by atoms with E-state index < -0.39 is 0 Å². The van der Waals surface area contributed by atoms with E-state index in [4.69, 9.17) is 9.94 Å². The molecule has 1 aromatic carbocycles. The van der Waals surface area contributed by atoms with Gasteiger partial charge in [0, 0.05) is 17.8 Å². The zero-order chi connectivity index (χ0) is 14.4. The Bertz CT molecular complexity index is 662. The number of rotatable bonds is 5. The average molecular weight is 272 g/mol. The fourth-order valence-electron chi connectivity index (χ4n) is 1.78. The van der Waals surface area contributed by atoms with E-state index in [2.05, 4.69) is 5.16 Å². The van der Waals surface area contributed by atoms with E-state index in [1.807, 2.05) is 24.3 Å². The molecular weight excluding hydrogens is 256 g/mol. The SMILES string of the molecule is C/C(=N/O)c1cccc(OCCn2ccccc2=O)c1. The molecule has 1 aromatic heterocycles. The van der Waals surface area contributed by atoms with Crippen LogP contribution in [0.1, 0.15) is 12.5 Å². The molecule has 0 aliphatic carbocycles. The Hall–Kier alpha value is -2.56. The summed E-state index contributed by atoms with van der Waals surface area (Å²) in [6.45, 7) is 2.59. The van der Waals surface area contributed by atoms with Crippen LogP contribution in [0.25, 0.3) is 0 Å². The highest BCUT2D eigenvalue weighted by molar-refractivity contribution is 5.98. The predicted octanol–water partition coefficient (Wildman–Crippen LogP) is 2.13. The van der Waals surface area contributed by atoms with Gasteiger partial charge in [0.2, 0.25) is 0 Å². The highest BCUT2D eigenvalue weighted by Gasteiger charge is 2.01. The number of pyridine rings is 1. The van der Waals surface area contributed by atoms with Gasteiger partial charge in [0.05, 0.1) is 12.3 Å². The van der Waals surface area contributed by atoms with E-state index in [-0.39, 0.29) is 5.56 Å². The molecule has 0 saturated carbocycles. The van der Waals surface area contributed by atoms with E-state index in [1.54, 1.807) is 29.8 Å². The van der Waals surface area contributed by atoms with Crippen molar-refractivity contribution in [2.24, 2.45) is 5.16 Å². The summed E-state index contributed by atoms with van der Waals surface area (Å²) < 4.78 is 7.19. The summed E-state index contributed by atoms with van der Waals surface area (Å²) in [5.74, 6) is 0.675. The molecule has 0 atom stereocenters. The van der Waals surface area contributed by atoms with Crippen molar-refractivity contribution < 1.29 is 9.94 Å². The van der Waals surface area contributed by atoms with Crippen molar-refractivity contribution in [3.8, 4) is 5.75 Å². The van der Waals surface area contributed by atoms with Crippen molar-refractivity contribution in [1.82, 2.24) is 4.57 Å². The van der Waals surface area contributed by atoms with Gasteiger partial charge < -0.3 is 14.5 Å². The summed E-state index contributed by atoms with van der Waals surface area (Å²) in [6, 6.07) is 12.3. The van der Waals surface area contributed by atoms with Crippen molar-refractivity contribution in [2.45, 2.75) is 13.5 Å². The molecular formula is C15H16N2O3. The molecule has 0 bridgehead atoms. The lowest BCUT2D eigenvalue weighted by Gasteiger charge is -2.09. The fraction of sp³-hybridized carbons (Fsp3) is 0.200. The molecule has 0 fully saturated rings. The molecule has 0 aliphatic heterocycles. The molecule has 2 rings (SSSR count). The Morgan fingerprint density at radius 1 is 1.30 bits per heavy atom. The number of benzene rings is 1. The minimum absolute atomic E-state index is 0.0480. The molecule has 1 heterocycles. The molecule has 0 spiro atoms. The normalized spacial score (nSPS) is 11.3. The lowest BCUT2D eigenvalue weighted by molar-refractivity contribution is 0.296. The zero-order valence-electron chi connectivity index (χ0n) is 11.2. The first-order valence-electron chi connectivity index (χ1n) is 6.28. The lowest BCUT2D eigenvalue weighted by atomic mass is 10.1. The number of hydrogen-bond acceptors (Lipinski definition) is 4. The first kappa shape index (κ1) is 13.9. The van der Waals surface area contributed by atoms with Crippen LogP contribution in [0.15, 0.2) is 58.6 Å². The van der Waals surface area contributed by atoms with Crippen molar-refractivity contribution in [3.63, 3.8) is 0 Å². The fourth-order valence-corrected chi connectivity index (χ4v) is 1.78. The maximum Gasteiger partial charge on any atom is 0.250 e. The molecule has 0 unspecified atom stereocenters. The van der Waals surface area contributed by atoms with Crippen LogP contribution in [0.2, 0.25) is 0 Å². The summed E-state index contributed by atoms with van der Waals surface area (Å²) in [5, 5.41) is 11.9. The number of ether oxygens (including phenoxy) is 1. The third-order valence-electron chi connectivity index (χ3n) is 2.90. The predicted molar refractivity (Wildman–Crippen MR) is 76.6 cm³/mol. The summed E-state index contributed by atoms with van der Waals surface area (Å²) in [6.07, 6.45) is 1.73. The topological polar surface area (TPSA) is 63.8 Å². The van der Waals surface area contributed by atoms with Crippen molar-refractivity contribution >= 4 is 5.71 Å². The van der Waals surface area contributed by atoms with Crippen LogP contribution in [0.3, 0.4) is 0 Å². The van der Waals surface area contributed by atoms with Gasteiger partial charge in [0.25, 0.3) is 5.56 Å². The van der Waals surface area contributed by atoms with Crippen LogP contribution in [-0.4, -0.2) is 22.1 Å². The highest BCUT2D eigenvalue weighted by atomic mass is 16.5. The summed E-state index contributed by atoms with van der Waals surface area (Å²) in [4.78, 5) is 11.5. The summed E-state index contributed by atoms with van der Waals surface area (Å²) in [5.41, 5.74) is 1.27. The van der Waals surface area contributed by atoms with E-state index >= 15 is 0 Å². The number of nitrogens with zero attached hydrogens (tertiary/aromatic N) is 2. The molecule has 2 aromatic rings. The lowest BCUT2D eigenvalue weighted by Crippen LogP contribution is -2.21. The smallest absolute Gasteiger partial charge is 0.250 e. The quantitative estimate of drug-likeness (QED) is 0.515. The van der Waals surface area contributed by atoms with Crippen molar-refractivity contribution in [1.29, 1.82) is 0 Å². The standard InChI is InChI=1S/C15H16N2O3/c1-12(16-19)13-5-4-6-14(11-13)20-10-9-17-8-3-2-7-15(17)18/h2-8,11,19H,9-10H2,1H3/b16-12-. The third kappa shape index (κ3) is 3.47. The Balaban J connectivity index is 1.98. The zero-order valence-corrected chi connectivity index (χ0v) is 11.2. The summed E-state index contributed by atoms with van der Waals surface area (Å²) in [7, 11) is 0. The Labute approximate surface area is 116 Å². The molecule has 0 amide bonds. The highest BCUT2D eigenvalue weighted by Crippen LogP contribution is 2.14. The monoisotopic (exact) mass is 272 g/mol. The number of hydrogen-bond donors (Lipinski definition) is 1. The van der Waals surface area contributed by atoms with Gasteiger partial charge in [-0.05, 0) is 25.1 Å². The number of aromatic nitrogens is 1. The molecule has 0 saturated heterocycles. The average Bonchev–Trinajstić information content (AvgIpc) is 2.49. The molecule has 0 radical (unpaired) electrons. The molecule has 5 heteroatoms. The largest absolute Gasteiger partial charge is 0.492 e. The molecule has 1 N–H and O–H groups in total. The Morgan fingerprint density at radius 3 is 2.90 bits per heavy atom. The Morgan fingerprint density at radius 2 is 2.15 bits per heavy atom. The van der Waals surface area contributed by atoms with Crippen molar-refractivity contribution in [3.05, 3.63) is 64.6 Å². The van der Waals surface area contributed by atoms with Gasteiger partial charge >= 0.3 is 0 Å². The van der Waals surface area contributed by atoms with Crippen LogP contribution >= 0.6 is 0 Å². The maximum absolute atomic E-state index is 11.5. The van der Waals surface area contributed by atoms with Gasteiger partial charge in [0.15, 0.2) is 0 Å². The van der Waals surface area contributed by atoms with E-state index in [9.17, 15) is 4.79 Å². The first-order chi connectivity index (χ1) is 9.70. The van der Waals surface area contributed by atoms with Crippen LogP contribution < -0.4 is 10.3 Å². The minimum Gasteiger partial charge on any atom is -0.492 e. The molecule has 5 nitrogen and oxygen atoms in total. The summed E-state index contributed by atoms with van der Waals surface area (Å²) >= 11 is 0. The second-order valence-corrected chi connectivity index (χ2v) is 4.29. The van der Waals surface area contributed by atoms with Gasteiger partial charge in [-0.25, -0.2) is 0 Å². The van der Waals surface area contributed by atoms with E-state index in [0.29, 0.717) is 24.6 Å². The molecule has 0 aliphatic rings. The first-order valence-corrected chi connectivity index (χ1v) is 6.28. The van der Waals surface area contributed by atoms with Crippen LogP contribution in [-0.2, 0) is 6.54 Å². The van der Waals surface area contributed by atoms with Crippen LogP contribution in [0.4, 0.5) is 0 Å². The molecule has 104 valence electrons. The Kier molecular flexibility index (Phi) is 4.55. The second kappa shape index (κ2) is 6.56. The van der Waals surface area contributed by atoms with Gasteiger partial charge in [-0.3, -0.25) is 4.79 Å². The van der Waals surface area contributed by atoms with Crippen LogP contribution in [0, 0.1) is 0 Å². The van der Waals surface area contributed by atoms with E-state index in [1.165, 1.54) is 6.07 Å².